The molecule has 11 nitrogen and oxygen atoms in total. The van der Waals surface area contributed by atoms with Gasteiger partial charge in [-0.25, -0.2) is 16.8 Å². The lowest BCUT2D eigenvalue weighted by atomic mass is 9.78. The molecule has 0 bridgehead atoms. The Balaban J connectivity index is 1.80. The molecular weight excluding hydrogens is 633 g/mol. The molecule has 2 aromatic rings. The molecule has 0 spiro atoms. The Kier molecular flexibility index (Phi) is 10.3. The number of anilines is 1. The number of rotatable bonds is 14. The Hall–Kier alpha value is -3.36. The van der Waals surface area contributed by atoms with E-state index in [0.717, 1.165) is 28.3 Å². The van der Waals surface area contributed by atoms with Gasteiger partial charge in [-0.05, 0) is 88.9 Å². The third kappa shape index (κ3) is 6.98. The van der Waals surface area contributed by atoms with Crippen molar-refractivity contribution in [2.75, 3.05) is 31.7 Å². The lowest BCUT2D eigenvalue weighted by Gasteiger charge is -2.30. The molecule has 2 aliphatic heterocycles. The van der Waals surface area contributed by atoms with Crippen LogP contribution in [0.15, 0.2) is 70.1 Å². The predicted molar refractivity (Wildman–Crippen MR) is 172 cm³/mol. The molecular formula is C33H41N2O9S2-. The number of aliphatic carboxylic acids is 1. The summed E-state index contributed by atoms with van der Waals surface area (Å²) in [7, 11) is -7.75. The van der Waals surface area contributed by atoms with Gasteiger partial charge in [-0.15, -0.1) is 0 Å². The van der Waals surface area contributed by atoms with E-state index in [1.54, 1.807) is 19.2 Å². The Bertz CT molecular complexity index is 1830. The minimum absolute atomic E-state index is 0.0747. The minimum Gasteiger partial charge on any atom is -0.744 e. The van der Waals surface area contributed by atoms with Crippen molar-refractivity contribution in [3.8, 4) is 0 Å². The van der Waals surface area contributed by atoms with Crippen LogP contribution in [0.2, 0.25) is 0 Å². The quantitative estimate of drug-likeness (QED) is 0.167. The van der Waals surface area contributed by atoms with Crippen LogP contribution in [0.3, 0.4) is 0 Å². The molecule has 0 saturated heterocycles. The van der Waals surface area contributed by atoms with E-state index in [1.165, 1.54) is 24.3 Å². The summed E-state index contributed by atoms with van der Waals surface area (Å²) in [5.41, 5.74) is 3.42. The second-order valence-corrected chi connectivity index (χ2v) is 15.1. The molecule has 0 aliphatic carbocycles. The van der Waals surface area contributed by atoms with E-state index in [2.05, 4.69) is 9.48 Å². The summed E-state index contributed by atoms with van der Waals surface area (Å²) >= 11 is 0. The first kappa shape index (κ1) is 35.5. The molecule has 46 heavy (non-hydrogen) atoms. The normalized spacial score (nSPS) is 20.2. The second-order valence-electron chi connectivity index (χ2n) is 12.4. The molecule has 4 rings (SSSR count). The minimum atomic E-state index is -4.71. The average Bonchev–Trinajstić information content (AvgIpc) is 3.34. The number of carboxylic acids is 1. The van der Waals surface area contributed by atoms with Crippen molar-refractivity contribution in [1.29, 1.82) is 0 Å². The van der Waals surface area contributed by atoms with E-state index in [1.807, 2.05) is 45.9 Å². The summed E-state index contributed by atoms with van der Waals surface area (Å²) < 4.78 is 78.9. The van der Waals surface area contributed by atoms with Crippen molar-refractivity contribution in [3.63, 3.8) is 0 Å². The van der Waals surface area contributed by atoms with Gasteiger partial charge in [0.15, 0.2) is 5.71 Å². The van der Waals surface area contributed by atoms with Gasteiger partial charge >= 0.3 is 5.97 Å². The Morgan fingerprint density at radius 3 is 2.20 bits per heavy atom. The first-order chi connectivity index (χ1) is 21.5. The maximum Gasteiger partial charge on any atom is 0.303 e. The van der Waals surface area contributed by atoms with Crippen LogP contribution in [0.25, 0.3) is 0 Å². The number of carbonyl (C=O) groups is 1. The SMILES string of the molecule is CC[N+]1=C(C=CC=C2N(CCCCCC(=O)O)c3ccc(S(=O)(=O)[O-])cc3C2(C)CCOC)C(C)(C)c2cc(S(=O)(=O)[O-])ccc21. The van der Waals surface area contributed by atoms with E-state index in [0.29, 0.717) is 50.9 Å². The summed E-state index contributed by atoms with van der Waals surface area (Å²) in [5, 5.41) is 9.05. The number of nitrogens with zero attached hydrogens (tertiary/aromatic N) is 2. The number of allylic oxidation sites excluding steroid dienone is 4. The van der Waals surface area contributed by atoms with Gasteiger partial charge in [0.25, 0.3) is 0 Å². The number of benzene rings is 2. The Morgan fingerprint density at radius 1 is 0.978 bits per heavy atom. The van der Waals surface area contributed by atoms with Gasteiger partial charge in [0, 0.05) is 61.2 Å². The lowest BCUT2D eigenvalue weighted by Crippen LogP contribution is -2.30. The van der Waals surface area contributed by atoms with Crippen LogP contribution in [0, 0.1) is 0 Å². The van der Waals surface area contributed by atoms with Crippen LogP contribution in [-0.2, 0) is 40.6 Å². The van der Waals surface area contributed by atoms with E-state index in [4.69, 9.17) is 9.84 Å². The van der Waals surface area contributed by atoms with Gasteiger partial charge < -0.3 is 23.8 Å². The van der Waals surface area contributed by atoms with Crippen LogP contribution < -0.4 is 4.90 Å². The van der Waals surface area contributed by atoms with Crippen LogP contribution in [0.5, 0.6) is 0 Å². The Morgan fingerprint density at radius 2 is 1.61 bits per heavy atom. The standard InChI is InChI=1S/C33H42N2O9S2/c1-6-34-27-16-14-23(45(38,39)40)21-25(27)32(2,3)29(34)11-10-12-30-33(4,18-20-44-5)26-22-24(46(41,42)43)15-17-28(26)35(30)19-9-7-8-13-31(36)37/h10-12,14-17,21-22H,6-9,13,18-20H2,1-5H3,(H2-,36,37,38,39,40,41,42,43)/p-1. The maximum atomic E-state index is 12.0. The van der Waals surface area contributed by atoms with Crippen molar-refractivity contribution < 1.29 is 45.2 Å². The lowest BCUT2D eigenvalue weighted by molar-refractivity contribution is -0.433. The van der Waals surface area contributed by atoms with Crippen LogP contribution in [-0.4, -0.2) is 74.1 Å². The number of ether oxygens (including phenoxy) is 1. The van der Waals surface area contributed by atoms with E-state index >= 15 is 0 Å². The molecule has 0 aromatic heterocycles. The zero-order valence-electron chi connectivity index (χ0n) is 26.8. The van der Waals surface area contributed by atoms with Gasteiger partial charge in [-0.1, -0.05) is 12.5 Å². The summed E-state index contributed by atoms with van der Waals surface area (Å²) in [5.74, 6) is -0.850. The third-order valence-corrected chi connectivity index (χ3v) is 10.7. The number of methoxy groups -OCH3 is 1. The second kappa shape index (κ2) is 13.4. The number of fused-ring (bicyclic) bond motifs is 2. The largest absolute Gasteiger partial charge is 0.744 e. The highest BCUT2D eigenvalue weighted by molar-refractivity contribution is 7.86. The maximum absolute atomic E-state index is 12.0. The summed E-state index contributed by atoms with van der Waals surface area (Å²) in [6.45, 7) is 9.42. The van der Waals surface area contributed by atoms with Gasteiger partial charge in [0.05, 0.1) is 15.2 Å². The van der Waals surface area contributed by atoms with Crippen molar-refractivity contribution in [2.45, 2.75) is 80.4 Å². The highest BCUT2D eigenvalue weighted by Crippen LogP contribution is 2.51. The molecule has 0 radical (unpaired) electrons. The summed E-state index contributed by atoms with van der Waals surface area (Å²) in [6, 6.07) is 8.85. The van der Waals surface area contributed by atoms with Crippen molar-refractivity contribution >= 4 is 43.3 Å². The van der Waals surface area contributed by atoms with Crippen LogP contribution in [0.1, 0.15) is 70.9 Å². The van der Waals surface area contributed by atoms with Gasteiger partial charge in [-0.3, -0.25) is 4.79 Å². The molecule has 0 fully saturated rings. The molecule has 1 atom stereocenters. The number of carboxylic acid groups (broad SMARTS) is 1. The van der Waals surface area contributed by atoms with Crippen molar-refractivity contribution in [3.05, 3.63) is 71.5 Å². The zero-order chi connectivity index (χ0) is 34.1. The van der Waals surface area contributed by atoms with Gasteiger partial charge in [0.1, 0.15) is 26.8 Å². The molecule has 250 valence electrons. The zero-order valence-corrected chi connectivity index (χ0v) is 28.4. The predicted octanol–water partition coefficient (Wildman–Crippen LogP) is 4.79. The topological polar surface area (TPSA) is 167 Å². The van der Waals surface area contributed by atoms with E-state index in [9.17, 15) is 30.7 Å². The fourth-order valence-electron chi connectivity index (χ4n) is 6.60. The fourth-order valence-corrected chi connectivity index (χ4v) is 7.60. The summed E-state index contributed by atoms with van der Waals surface area (Å²) in [4.78, 5) is 12.5. The molecule has 0 amide bonds. The molecule has 2 aromatic carbocycles. The molecule has 13 heteroatoms. The van der Waals surface area contributed by atoms with Crippen LogP contribution in [0.4, 0.5) is 11.4 Å². The van der Waals surface area contributed by atoms with Crippen molar-refractivity contribution in [2.24, 2.45) is 0 Å². The number of unbranched alkanes of at least 4 members (excludes halogenated alkanes) is 2. The fraction of sp³-hybridized carbons (Fsp3) is 0.455. The molecule has 2 heterocycles. The third-order valence-electron chi connectivity index (χ3n) is 9.05. The number of hydrogen-bond donors (Lipinski definition) is 1. The first-order valence-corrected chi connectivity index (χ1v) is 18.0. The Labute approximate surface area is 271 Å². The van der Waals surface area contributed by atoms with E-state index in [-0.39, 0.29) is 16.2 Å². The van der Waals surface area contributed by atoms with Gasteiger partial charge in [0.2, 0.25) is 5.69 Å². The smallest absolute Gasteiger partial charge is 0.303 e. The molecule has 1 unspecified atom stereocenters. The van der Waals surface area contributed by atoms with Crippen molar-refractivity contribution in [1.82, 2.24) is 0 Å². The van der Waals surface area contributed by atoms with E-state index < -0.39 is 37.0 Å². The highest BCUT2D eigenvalue weighted by atomic mass is 32.2. The monoisotopic (exact) mass is 673 g/mol. The van der Waals surface area contributed by atoms with Gasteiger partial charge in [-0.2, -0.15) is 4.58 Å². The average molecular weight is 674 g/mol. The van der Waals surface area contributed by atoms with Crippen LogP contribution >= 0.6 is 0 Å². The molecule has 2 aliphatic rings. The highest BCUT2D eigenvalue weighted by Gasteiger charge is 2.45. The molecule has 0 saturated carbocycles. The number of hydrogen-bond acceptors (Lipinski definition) is 9. The first-order valence-electron chi connectivity index (χ1n) is 15.2. The summed E-state index contributed by atoms with van der Waals surface area (Å²) in [6.07, 6.45) is 8.29. The molecule has 1 N–H and O–H groups in total.